The van der Waals surface area contributed by atoms with Crippen molar-refractivity contribution >= 4 is 34.5 Å². The van der Waals surface area contributed by atoms with Crippen molar-refractivity contribution in [3.05, 3.63) is 39.3 Å². The Morgan fingerprint density at radius 2 is 1.88 bits per heavy atom. The van der Waals surface area contributed by atoms with Crippen LogP contribution in [-0.2, 0) is 22.7 Å². The van der Waals surface area contributed by atoms with Gasteiger partial charge in [-0.15, -0.1) is 11.8 Å². The van der Waals surface area contributed by atoms with Gasteiger partial charge in [0.05, 0.1) is 35.8 Å². The smallest absolute Gasteiger partial charge is 0.352 e. The highest BCUT2D eigenvalue weighted by Crippen LogP contribution is 2.41. The summed E-state index contributed by atoms with van der Waals surface area (Å²) < 4.78 is 2.14. The first-order valence-electron chi connectivity index (χ1n) is 11.4. The number of phenols is 2. The molecule has 2 fully saturated rings. The predicted molar refractivity (Wildman–Crippen MR) is 125 cm³/mol. The number of aromatic hydroxyl groups is 2. The number of amides is 1. The quantitative estimate of drug-likeness (QED) is 0.318. The number of benzene rings is 1. The van der Waals surface area contributed by atoms with Crippen LogP contribution in [0.2, 0.25) is 0 Å². The normalized spacial score (nSPS) is 21.6. The van der Waals surface area contributed by atoms with E-state index in [4.69, 9.17) is 0 Å². The van der Waals surface area contributed by atoms with E-state index in [1.54, 1.807) is 16.4 Å². The zero-order valence-corrected chi connectivity index (χ0v) is 19.7. The van der Waals surface area contributed by atoms with Crippen LogP contribution in [0.25, 0.3) is 10.9 Å². The maximum absolute atomic E-state index is 13.4. The number of quaternary nitrogens is 1. The average Bonchev–Trinajstić information content (AvgIpc) is 3.25. The molecule has 180 valence electrons. The maximum Gasteiger partial charge on any atom is 0.352 e. The molecule has 3 aliphatic heterocycles. The summed E-state index contributed by atoms with van der Waals surface area (Å²) in [5, 5.41) is 34.6. The van der Waals surface area contributed by atoms with Gasteiger partial charge in [0.2, 0.25) is 11.3 Å². The number of nitrogens with zero attached hydrogens (tertiary/aromatic N) is 4. The molecule has 1 atom stereocenters. The van der Waals surface area contributed by atoms with E-state index >= 15 is 0 Å². The molecule has 3 aliphatic rings. The van der Waals surface area contributed by atoms with Gasteiger partial charge in [-0.05, 0) is 13.0 Å². The number of fused-ring (bicyclic) bond motifs is 2. The monoisotopic (exact) mass is 487 g/mol. The predicted octanol–water partition coefficient (Wildman–Crippen LogP) is 1.58. The van der Waals surface area contributed by atoms with Crippen LogP contribution in [0.1, 0.15) is 31.9 Å². The van der Waals surface area contributed by atoms with Crippen LogP contribution >= 0.6 is 11.8 Å². The lowest BCUT2D eigenvalue weighted by Crippen LogP contribution is -2.56. The van der Waals surface area contributed by atoms with Crippen molar-refractivity contribution in [2.75, 3.05) is 25.4 Å². The molecule has 34 heavy (non-hydrogen) atoms. The number of carbonyl (C=O) groups is 2. The van der Waals surface area contributed by atoms with Gasteiger partial charge in [-0.1, -0.05) is 0 Å². The summed E-state index contributed by atoms with van der Waals surface area (Å²) >= 11 is 1.59. The van der Waals surface area contributed by atoms with Crippen molar-refractivity contribution in [1.82, 2.24) is 14.7 Å². The van der Waals surface area contributed by atoms with E-state index in [0.717, 1.165) is 31.5 Å². The molecule has 0 unspecified atom stereocenters. The van der Waals surface area contributed by atoms with E-state index in [0.29, 0.717) is 47.5 Å². The number of carboxylic acid groups (broad SMARTS) is 1. The highest BCUT2D eigenvalue weighted by molar-refractivity contribution is 8.00. The van der Waals surface area contributed by atoms with Crippen molar-refractivity contribution in [3.8, 4) is 11.5 Å². The first-order valence-corrected chi connectivity index (χ1v) is 12.5. The molecule has 4 heterocycles. The fourth-order valence-corrected chi connectivity index (χ4v) is 6.66. The van der Waals surface area contributed by atoms with E-state index in [1.807, 2.05) is 6.92 Å². The molecule has 1 aromatic carbocycles. The number of phenolic OH excluding ortho intramolecular Hbond substituents is 2. The number of hydrogen-bond donors (Lipinski definition) is 3. The number of carbonyl (C=O) groups excluding carboxylic acids is 1. The van der Waals surface area contributed by atoms with Crippen LogP contribution in [0, 0.1) is 0 Å². The zero-order valence-electron chi connectivity index (χ0n) is 18.9. The lowest BCUT2D eigenvalue weighted by molar-refractivity contribution is -0.925. The molecule has 2 aromatic rings. The molecular weight excluding hydrogens is 460 g/mol. The van der Waals surface area contributed by atoms with Crippen LogP contribution in [0.15, 0.2) is 28.2 Å². The van der Waals surface area contributed by atoms with Gasteiger partial charge in [-0.2, -0.15) is 5.10 Å². The molecule has 0 saturated carbocycles. The second-order valence-electron chi connectivity index (χ2n) is 9.25. The summed E-state index contributed by atoms with van der Waals surface area (Å²) in [4.78, 5) is 39.0. The topological polar surface area (TPSA) is 133 Å². The zero-order chi connectivity index (χ0) is 24.2. The number of aliphatic carboxylic acids is 1. The summed E-state index contributed by atoms with van der Waals surface area (Å²) in [5.74, 6) is -1.37. The lowest BCUT2D eigenvalue weighted by atomic mass is 10.1. The Kier molecular flexibility index (Phi) is 5.56. The lowest BCUT2D eigenvalue weighted by Gasteiger charge is -2.45. The molecule has 10 nitrogen and oxygen atoms in total. The second-order valence-corrected chi connectivity index (χ2v) is 10.4. The van der Waals surface area contributed by atoms with Gasteiger partial charge in [0, 0.05) is 36.8 Å². The summed E-state index contributed by atoms with van der Waals surface area (Å²) in [6.07, 6.45) is 2.28. The van der Waals surface area contributed by atoms with E-state index in [1.165, 1.54) is 17.0 Å². The molecule has 2 saturated heterocycles. The Bertz CT molecular complexity index is 1300. The second kappa shape index (κ2) is 8.31. The van der Waals surface area contributed by atoms with Crippen molar-refractivity contribution in [2.45, 2.75) is 44.6 Å². The molecule has 0 bridgehead atoms. The third-order valence-electron chi connectivity index (χ3n) is 7.08. The molecule has 11 heteroatoms. The van der Waals surface area contributed by atoms with E-state index in [-0.39, 0.29) is 39.3 Å². The first-order chi connectivity index (χ1) is 16.2. The van der Waals surface area contributed by atoms with Gasteiger partial charge in [-0.3, -0.25) is 19.2 Å². The maximum atomic E-state index is 13.4. The summed E-state index contributed by atoms with van der Waals surface area (Å²) in [6.45, 7) is 4.69. The molecular formula is C23H27N4O6S+. The minimum atomic E-state index is -1.09. The van der Waals surface area contributed by atoms with Crippen LogP contribution in [0.5, 0.6) is 11.5 Å². The van der Waals surface area contributed by atoms with E-state index < -0.39 is 5.97 Å². The van der Waals surface area contributed by atoms with Crippen LogP contribution < -0.4 is 5.43 Å². The van der Waals surface area contributed by atoms with Crippen LogP contribution in [-0.4, -0.2) is 77.1 Å². The number of β-lactam (4-membered cyclic amide) rings is 1. The molecule has 1 aromatic heterocycles. The van der Waals surface area contributed by atoms with Gasteiger partial charge in [0.1, 0.15) is 18.8 Å². The summed E-state index contributed by atoms with van der Waals surface area (Å²) in [7, 11) is 0. The average molecular weight is 488 g/mol. The number of thioether (sulfide) groups is 1. The Hall–Kier alpha value is -3.05. The highest BCUT2D eigenvalue weighted by atomic mass is 32.2. The number of carboxylic acids is 1. The SMILES string of the molecule is CCn1nc(C[N+]2(CC3=C(C(=O)O)N4C(=O)C[C@H]4SC3)CCCC2)c(=O)c2cc(O)c(O)cc21. The van der Waals surface area contributed by atoms with Gasteiger partial charge >= 0.3 is 5.97 Å². The van der Waals surface area contributed by atoms with Crippen LogP contribution in [0.4, 0.5) is 0 Å². The van der Waals surface area contributed by atoms with Crippen molar-refractivity contribution in [2.24, 2.45) is 0 Å². The minimum absolute atomic E-state index is 0.0993. The standard InChI is InChI=1S/C23H26N4O6S/c1-2-25-16-8-18(29)17(28)7-14(16)22(31)15(24-25)11-27(5-3-4-6-27)10-13-12-34-20-9-19(30)26(20)21(13)23(32)33/h7-8,20H,2-6,9-12H2,1H3,(H2-,24,28,29,31,32,33)/p+1/t20-/m1/s1. The third-order valence-corrected chi connectivity index (χ3v) is 8.36. The Morgan fingerprint density at radius 1 is 1.18 bits per heavy atom. The van der Waals surface area contributed by atoms with Crippen molar-refractivity contribution < 1.29 is 29.4 Å². The van der Waals surface area contributed by atoms with E-state index in [9.17, 15) is 29.7 Å². The fraction of sp³-hybridized carbons (Fsp3) is 0.478. The summed E-state index contributed by atoms with van der Waals surface area (Å²) in [5.41, 5.74) is 1.31. The first kappa shape index (κ1) is 22.7. The molecule has 0 aliphatic carbocycles. The Labute approximate surface area is 199 Å². The van der Waals surface area contributed by atoms with Gasteiger partial charge in [0.25, 0.3) is 0 Å². The highest BCUT2D eigenvalue weighted by Gasteiger charge is 2.47. The summed E-state index contributed by atoms with van der Waals surface area (Å²) in [6, 6.07) is 2.62. The molecule has 3 N–H and O–H groups in total. The number of rotatable bonds is 6. The van der Waals surface area contributed by atoms with Gasteiger partial charge in [-0.25, -0.2) is 4.79 Å². The molecule has 0 radical (unpaired) electrons. The number of aromatic nitrogens is 2. The molecule has 5 rings (SSSR count). The van der Waals surface area contributed by atoms with Crippen LogP contribution in [0.3, 0.4) is 0 Å². The molecule has 0 spiro atoms. The number of aryl methyl sites for hydroxylation is 1. The van der Waals surface area contributed by atoms with E-state index in [2.05, 4.69) is 5.10 Å². The Morgan fingerprint density at radius 3 is 2.53 bits per heavy atom. The number of hydrogen-bond acceptors (Lipinski definition) is 7. The van der Waals surface area contributed by atoms with Crippen molar-refractivity contribution in [3.63, 3.8) is 0 Å². The van der Waals surface area contributed by atoms with Gasteiger partial charge in [0.15, 0.2) is 17.2 Å². The number of likely N-dealkylation sites (tertiary alicyclic amines) is 1. The largest absolute Gasteiger partial charge is 0.504 e. The molecule has 1 amide bonds. The van der Waals surface area contributed by atoms with Gasteiger partial charge < -0.3 is 19.8 Å². The fourth-order valence-electron chi connectivity index (χ4n) is 5.41. The third kappa shape index (κ3) is 3.63. The van der Waals surface area contributed by atoms with Crippen molar-refractivity contribution in [1.29, 1.82) is 0 Å². The Balaban J connectivity index is 1.56. The minimum Gasteiger partial charge on any atom is -0.504 e.